The number of anilines is 1. The van der Waals surface area contributed by atoms with Gasteiger partial charge in [-0.25, -0.2) is 4.98 Å². The van der Waals surface area contributed by atoms with Gasteiger partial charge in [0.2, 0.25) is 5.91 Å². The molecule has 4 rings (SSSR count). The molecule has 0 radical (unpaired) electrons. The van der Waals surface area contributed by atoms with Crippen LogP contribution in [0.4, 0.5) is 5.69 Å². The van der Waals surface area contributed by atoms with Gasteiger partial charge < -0.3 is 14.6 Å². The Hall–Kier alpha value is -3.32. The number of pyridine rings is 1. The van der Waals surface area contributed by atoms with E-state index in [1.807, 2.05) is 41.8 Å². The first-order valence-corrected chi connectivity index (χ1v) is 11.5. The number of amides is 1. The van der Waals surface area contributed by atoms with Crippen LogP contribution in [0.25, 0.3) is 11.0 Å². The number of hydrogen-bond acceptors (Lipinski definition) is 5. The molecular formula is C25H26N4O2S. The minimum absolute atomic E-state index is 0.0962. The van der Waals surface area contributed by atoms with Gasteiger partial charge in [-0.15, -0.1) is 0 Å². The van der Waals surface area contributed by atoms with Gasteiger partial charge in [-0.2, -0.15) is 0 Å². The molecule has 4 aromatic rings. The minimum Gasteiger partial charge on any atom is -0.497 e. The monoisotopic (exact) mass is 446 g/mol. The van der Waals surface area contributed by atoms with Crippen LogP contribution in [0.1, 0.15) is 30.5 Å². The lowest BCUT2D eigenvalue weighted by atomic mass is 10.2. The van der Waals surface area contributed by atoms with Crippen molar-refractivity contribution in [1.82, 2.24) is 14.5 Å². The molecule has 1 unspecified atom stereocenters. The summed E-state index contributed by atoms with van der Waals surface area (Å²) < 4.78 is 7.29. The molecule has 1 atom stereocenters. The molecule has 1 amide bonds. The van der Waals surface area contributed by atoms with Crippen molar-refractivity contribution < 1.29 is 9.53 Å². The van der Waals surface area contributed by atoms with Crippen LogP contribution in [0.5, 0.6) is 5.75 Å². The van der Waals surface area contributed by atoms with E-state index in [4.69, 9.17) is 9.72 Å². The van der Waals surface area contributed by atoms with Crippen LogP contribution in [-0.2, 0) is 10.5 Å². The molecule has 6 nitrogen and oxygen atoms in total. The van der Waals surface area contributed by atoms with Gasteiger partial charge in [0, 0.05) is 23.7 Å². The number of fused-ring (bicyclic) bond motifs is 1. The van der Waals surface area contributed by atoms with Crippen molar-refractivity contribution in [2.75, 3.05) is 12.4 Å². The SMILES string of the molecule is CCC(C(=O)Nc1cccc(OC)c1)n1c(SCc2ccc(C)cc2)nc2ccncc21. The Kier molecular flexibility index (Phi) is 6.75. The molecule has 7 heteroatoms. The average Bonchev–Trinajstić information content (AvgIpc) is 3.17. The predicted octanol–water partition coefficient (Wildman–Crippen LogP) is 5.63. The smallest absolute Gasteiger partial charge is 0.247 e. The molecule has 0 bridgehead atoms. The Labute approximate surface area is 192 Å². The number of thioether (sulfide) groups is 1. The number of aryl methyl sites for hydroxylation is 1. The first-order valence-electron chi connectivity index (χ1n) is 10.5. The normalized spacial score (nSPS) is 12.0. The van der Waals surface area contributed by atoms with E-state index in [1.54, 1.807) is 31.3 Å². The Bertz CT molecular complexity index is 1220. The Morgan fingerprint density at radius 1 is 1.19 bits per heavy atom. The van der Waals surface area contributed by atoms with E-state index in [0.29, 0.717) is 17.9 Å². The largest absolute Gasteiger partial charge is 0.497 e. The molecule has 0 fully saturated rings. The van der Waals surface area contributed by atoms with E-state index in [9.17, 15) is 4.79 Å². The van der Waals surface area contributed by atoms with Crippen LogP contribution in [0.2, 0.25) is 0 Å². The maximum absolute atomic E-state index is 13.3. The zero-order valence-corrected chi connectivity index (χ0v) is 19.2. The number of aromatic nitrogens is 3. The van der Waals surface area contributed by atoms with Gasteiger partial charge in [-0.1, -0.05) is 54.6 Å². The highest BCUT2D eigenvalue weighted by Gasteiger charge is 2.25. The molecule has 0 saturated heterocycles. The number of benzene rings is 2. The third-order valence-electron chi connectivity index (χ3n) is 5.29. The lowest BCUT2D eigenvalue weighted by molar-refractivity contribution is -0.119. The fourth-order valence-electron chi connectivity index (χ4n) is 3.57. The Morgan fingerprint density at radius 3 is 2.75 bits per heavy atom. The summed E-state index contributed by atoms with van der Waals surface area (Å²) in [6.45, 7) is 4.09. The van der Waals surface area contributed by atoms with Crippen LogP contribution >= 0.6 is 11.8 Å². The fraction of sp³-hybridized carbons (Fsp3) is 0.240. The van der Waals surface area contributed by atoms with Gasteiger partial charge in [-0.05, 0) is 37.1 Å². The summed E-state index contributed by atoms with van der Waals surface area (Å²) >= 11 is 1.63. The minimum atomic E-state index is -0.420. The number of carbonyl (C=O) groups excluding carboxylic acids is 1. The second-order valence-electron chi connectivity index (χ2n) is 7.55. The molecule has 0 aliphatic carbocycles. The third kappa shape index (κ3) is 4.78. The second kappa shape index (κ2) is 9.87. The highest BCUT2D eigenvalue weighted by molar-refractivity contribution is 7.98. The maximum atomic E-state index is 13.3. The van der Waals surface area contributed by atoms with Crippen LogP contribution in [0.3, 0.4) is 0 Å². The van der Waals surface area contributed by atoms with Crippen molar-refractivity contribution in [3.8, 4) is 5.75 Å². The zero-order valence-electron chi connectivity index (χ0n) is 18.4. The summed E-state index contributed by atoms with van der Waals surface area (Å²) in [5.41, 5.74) is 4.83. The van der Waals surface area contributed by atoms with Crippen molar-refractivity contribution >= 4 is 34.4 Å². The molecule has 1 N–H and O–H groups in total. The number of carbonyl (C=O) groups is 1. The lowest BCUT2D eigenvalue weighted by Gasteiger charge is -2.20. The highest BCUT2D eigenvalue weighted by atomic mass is 32.2. The summed E-state index contributed by atoms with van der Waals surface area (Å²) in [5, 5.41) is 3.84. The molecule has 2 heterocycles. The third-order valence-corrected chi connectivity index (χ3v) is 6.31. The van der Waals surface area contributed by atoms with Crippen LogP contribution in [-0.4, -0.2) is 27.6 Å². The van der Waals surface area contributed by atoms with Gasteiger partial charge in [0.05, 0.1) is 24.3 Å². The second-order valence-corrected chi connectivity index (χ2v) is 8.49. The molecule has 164 valence electrons. The Balaban J connectivity index is 1.64. The van der Waals surface area contributed by atoms with Crippen LogP contribution in [0, 0.1) is 6.92 Å². The van der Waals surface area contributed by atoms with Crippen LogP contribution in [0.15, 0.2) is 72.1 Å². The topological polar surface area (TPSA) is 69.0 Å². The van der Waals surface area contributed by atoms with E-state index in [-0.39, 0.29) is 5.91 Å². The summed E-state index contributed by atoms with van der Waals surface area (Å²) in [5.74, 6) is 1.37. The summed E-state index contributed by atoms with van der Waals surface area (Å²) in [4.78, 5) is 22.4. The standard InChI is InChI=1S/C25H26N4O2S/c1-4-22(24(30)27-19-6-5-7-20(14-19)31-3)29-23-15-26-13-12-21(23)28-25(29)32-16-18-10-8-17(2)9-11-18/h5-15,22H,4,16H2,1-3H3,(H,27,30). The fourth-order valence-corrected chi connectivity index (χ4v) is 4.58. The molecule has 2 aromatic carbocycles. The van der Waals surface area contributed by atoms with Crippen molar-refractivity contribution in [3.63, 3.8) is 0 Å². The molecule has 32 heavy (non-hydrogen) atoms. The number of rotatable bonds is 8. The molecule has 0 aliphatic heterocycles. The van der Waals surface area contributed by atoms with E-state index in [1.165, 1.54) is 11.1 Å². The molecule has 0 spiro atoms. The number of nitrogens with zero attached hydrogens (tertiary/aromatic N) is 3. The quantitative estimate of drug-likeness (QED) is 0.355. The average molecular weight is 447 g/mol. The van der Waals surface area contributed by atoms with E-state index in [0.717, 1.165) is 21.9 Å². The highest BCUT2D eigenvalue weighted by Crippen LogP contribution is 2.31. The summed E-state index contributed by atoms with van der Waals surface area (Å²) in [6.07, 6.45) is 4.12. The van der Waals surface area contributed by atoms with Crippen molar-refractivity contribution in [3.05, 3.63) is 78.1 Å². The van der Waals surface area contributed by atoms with E-state index >= 15 is 0 Å². The number of nitrogens with one attached hydrogen (secondary N) is 1. The molecule has 2 aromatic heterocycles. The molecule has 0 saturated carbocycles. The first-order chi connectivity index (χ1) is 15.6. The van der Waals surface area contributed by atoms with Gasteiger partial charge in [0.1, 0.15) is 11.8 Å². The zero-order chi connectivity index (χ0) is 22.5. The maximum Gasteiger partial charge on any atom is 0.247 e. The van der Waals surface area contributed by atoms with E-state index < -0.39 is 6.04 Å². The predicted molar refractivity (Wildman–Crippen MR) is 129 cm³/mol. The van der Waals surface area contributed by atoms with Crippen molar-refractivity contribution in [2.45, 2.75) is 37.2 Å². The van der Waals surface area contributed by atoms with Crippen LogP contribution < -0.4 is 10.1 Å². The number of methoxy groups -OCH3 is 1. The van der Waals surface area contributed by atoms with E-state index in [2.05, 4.69) is 41.5 Å². The van der Waals surface area contributed by atoms with Gasteiger partial charge >= 0.3 is 0 Å². The van der Waals surface area contributed by atoms with Gasteiger partial charge in [0.15, 0.2) is 5.16 Å². The van der Waals surface area contributed by atoms with Gasteiger partial charge in [0.25, 0.3) is 0 Å². The number of imidazole rings is 1. The first kappa shape index (κ1) is 21.9. The molecule has 0 aliphatic rings. The van der Waals surface area contributed by atoms with Crippen molar-refractivity contribution in [1.29, 1.82) is 0 Å². The number of hydrogen-bond donors (Lipinski definition) is 1. The lowest BCUT2D eigenvalue weighted by Crippen LogP contribution is -2.26. The molecular weight excluding hydrogens is 420 g/mol. The van der Waals surface area contributed by atoms with Crippen molar-refractivity contribution in [2.24, 2.45) is 0 Å². The number of ether oxygens (including phenoxy) is 1. The Morgan fingerprint density at radius 2 is 2.00 bits per heavy atom. The summed E-state index contributed by atoms with van der Waals surface area (Å²) in [6, 6.07) is 17.3. The summed E-state index contributed by atoms with van der Waals surface area (Å²) in [7, 11) is 1.61. The van der Waals surface area contributed by atoms with Gasteiger partial charge in [-0.3, -0.25) is 9.78 Å².